The van der Waals surface area contributed by atoms with E-state index in [1.807, 2.05) is 12.1 Å². The largest absolute Gasteiger partial charge is 0.377 e. The first-order chi connectivity index (χ1) is 14.4. The molecule has 0 aromatic heterocycles. The van der Waals surface area contributed by atoms with Crippen molar-refractivity contribution < 1.29 is 17.9 Å². The molecular weight excluding hydrogens is 400 g/mol. The van der Waals surface area contributed by atoms with E-state index in [0.29, 0.717) is 18.1 Å². The van der Waals surface area contributed by atoms with Gasteiger partial charge in [0.25, 0.3) is 5.91 Å². The van der Waals surface area contributed by atoms with Crippen molar-refractivity contribution in [3.05, 3.63) is 65.2 Å². The Bertz CT molecular complexity index is 1020. The molecule has 2 aliphatic rings. The predicted octanol–water partition coefficient (Wildman–Crippen LogP) is 3.20. The minimum atomic E-state index is -3.71. The molecule has 1 amide bonds. The zero-order chi connectivity index (χ0) is 21.1. The lowest BCUT2D eigenvalue weighted by molar-refractivity contribution is 0.0919. The van der Waals surface area contributed by atoms with Crippen LogP contribution in [0.5, 0.6) is 0 Å². The quantitative estimate of drug-likeness (QED) is 0.740. The van der Waals surface area contributed by atoms with Crippen molar-refractivity contribution in [2.75, 3.05) is 13.2 Å². The number of carbonyl (C=O) groups excluding carboxylic acids is 1. The molecule has 3 atom stereocenters. The van der Waals surface area contributed by atoms with E-state index in [4.69, 9.17) is 4.74 Å². The number of aryl methyl sites for hydroxylation is 1. The van der Waals surface area contributed by atoms with Crippen molar-refractivity contribution in [1.29, 1.82) is 0 Å². The van der Waals surface area contributed by atoms with Gasteiger partial charge in [-0.05, 0) is 60.9 Å². The highest BCUT2D eigenvalue weighted by Crippen LogP contribution is 2.34. The van der Waals surface area contributed by atoms with E-state index < -0.39 is 10.0 Å². The molecule has 1 aliphatic heterocycles. The standard InChI is InChI=1S/C23H28N2O4S/c1-16-11-12-17-6-2-3-10-21(17)22(16)25-23(26)18-7-4-9-20(14-18)30(27,28)24-15-19-8-5-13-29-19/h2-4,6-7,9-10,14,16,19,22,24H,5,8,11-13,15H2,1H3,(H,25,26). The summed E-state index contributed by atoms with van der Waals surface area (Å²) < 4.78 is 33.4. The van der Waals surface area contributed by atoms with Gasteiger partial charge in [0.15, 0.2) is 0 Å². The van der Waals surface area contributed by atoms with Crippen LogP contribution >= 0.6 is 0 Å². The summed E-state index contributed by atoms with van der Waals surface area (Å²) in [5.74, 6) is 0.0450. The molecule has 2 aromatic carbocycles. The highest BCUT2D eigenvalue weighted by Gasteiger charge is 2.28. The van der Waals surface area contributed by atoms with Gasteiger partial charge in [0.05, 0.1) is 17.0 Å². The number of carbonyl (C=O) groups is 1. The first kappa shape index (κ1) is 21.0. The van der Waals surface area contributed by atoms with E-state index in [-0.39, 0.29) is 29.5 Å². The Balaban J connectivity index is 1.49. The second-order valence-corrected chi connectivity index (χ2v) is 9.95. The highest BCUT2D eigenvalue weighted by atomic mass is 32.2. The molecule has 4 rings (SSSR count). The first-order valence-electron chi connectivity index (χ1n) is 10.5. The molecule has 2 aromatic rings. The number of hydrogen-bond acceptors (Lipinski definition) is 4. The molecule has 160 valence electrons. The smallest absolute Gasteiger partial charge is 0.251 e. The summed E-state index contributed by atoms with van der Waals surface area (Å²) >= 11 is 0. The molecular formula is C23H28N2O4S. The minimum absolute atomic E-state index is 0.0830. The van der Waals surface area contributed by atoms with Gasteiger partial charge in [-0.25, -0.2) is 13.1 Å². The number of benzene rings is 2. The maximum Gasteiger partial charge on any atom is 0.251 e. The number of hydrogen-bond donors (Lipinski definition) is 2. The Hall–Kier alpha value is -2.22. The van der Waals surface area contributed by atoms with Crippen LogP contribution in [0.25, 0.3) is 0 Å². The first-order valence-corrected chi connectivity index (χ1v) is 12.0. The number of nitrogens with one attached hydrogen (secondary N) is 2. The number of fused-ring (bicyclic) bond motifs is 1. The second-order valence-electron chi connectivity index (χ2n) is 8.18. The van der Waals surface area contributed by atoms with Crippen LogP contribution in [0.1, 0.15) is 53.7 Å². The van der Waals surface area contributed by atoms with Gasteiger partial charge in [-0.15, -0.1) is 0 Å². The van der Waals surface area contributed by atoms with Crippen molar-refractivity contribution in [2.45, 2.75) is 49.6 Å². The summed E-state index contributed by atoms with van der Waals surface area (Å²) in [6.07, 6.45) is 3.73. The lowest BCUT2D eigenvalue weighted by Crippen LogP contribution is -2.35. The molecule has 1 fully saturated rings. The summed E-state index contributed by atoms with van der Waals surface area (Å²) in [6.45, 7) is 3.05. The van der Waals surface area contributed by atoms with Crippen LogP contribution in [-0.2, 0) is 21.2 Å². The lowest BCUT2D eigenvalue weighted by atomic mass is 9.80. The molecule has 7 heteroatoms. The molecule has 1 heterocycles. The molecule has 1 saturated heterocycles. The summed E-state index contributed by atoms with van der Waals surface area (Å²) in [5.41, 5.74) is 2.74. The van der Waals surface area contributed by atoms with E-state index in [0.717, 1.165) is 31.2 Å². The van der Waals surface area contributed by atoms with Crippen LogP contribution < -0.4 is 10.0 Å². The fourth-order valence-electron chi connectivity index (χ4n) is 4.26. The van der Waals surface area contributed by atoms with E-state index in [1.54, 1.807) is 12.1 Å². The molecule has 0 saturated carbocycles. The Morgan fingerprint density at radius 3 is 2.77 bits per heavy atom. The van der Waals surface area contributed by atoms with E-state index >= 15 is 0 Å². The topological polar surface area (TPSA) is 84.5 Å². The predicted molar refractivity (Wildman–Crippen MR) is 115 cm³/mol. The number of sulfonamides is 1. The van der Waals surface area contributed by atoms with Crippen molar-refractivity contribution in [3.8, 4) is 0 Å². The zero-order valence-electron chi connectivity index (χ0n) is 17.1. The molecule has 30 heavy (non-hydrogen) atoms. The van der Waals surface area contributed by atoms with Crippen LogP contribution in [0, 0.1) is 5.92 Å². The molecule has 0 bridgehead atoms. The molecule has 3 unspecified atom stereocenters. The third-order valence-corrected chi connectivity index (χ3v) is 7.47. The van der Waals surface area contributed by atoms with Gasteiger partial charge >= 0.3 is 0 Å². The lowest BCUT2D eigenvalue weighted by Gasteiger charge is -2.32. The zero-order valence-corrected chi connectivity index (χ0v) is 18.0. The van der Waals surface area contributed by atoms with Crippen molar-refractivity contribution in [3.63, 3.8) is 0 Å². The van der Waals surface area contributed by atoms with Gasteiger partial charge in [-0.1, -0.05) is 37.3 Å². The SMILES string of the molecule is CC1CCc2ccccc2C1NC(=O)c1cccc(S(=O)(=O)NCC2CCCO2)c1. The molecule has 0 spiro atoms. The van der Waals surface area contributed by atoms with Crippen LogP contribution in [0.4, 0.5) is 0 Å². The van der Waals surface area contributed by atoms with Gasteiger partial charge in [0.2, 0.25) is 10.0 Å². The van der Waals surface area contributed by atoms with Crippen molar-refractivity contribution >= 4 is 15.9 Å². The summed E-state index contributed by atoms with van der Waals surface area (Å²) in [4.78, 5) is 13.1. The van der Waals surface area contributed by atoms with Gasteiger partial charge in [-0.3, -0.25) is 4.79 Å². The van der Waals surface area contributed by atoms with Gasteiger partial charge < -0.3 is 10.1 Å². The normalized spacial score (nSPS) is 23.7. The highest BCUT2D eigenvalue weighted by molar-refractivity contribution is 7.89. The Morgan fingerprint density at radius 1 is 1.13 bits per heavy atom. The Labute approximate surface area is 178 Å². The fraction of sp³-hybridized carbons (Fsp3) is 0.435. The van der Waals surface area contributed by atoms with Gasteiger partial charge in [0, 0.05) is 18.7 Å². The summed E-state index contributed by atoms with van der Waals surface area (Å²) in [5, 5.41) is 3.12. The molecule has 0 radical (unpaired) electrons. The average Bonchev–Trinajstić information content (AvgIpc) is 3.28. The van der Waals surface area contributed by atoms with Gasteiger partial charge in [-0.2, -0.15) is 0 Å². The molecule has 6 nitrogen and oxygen atoms in total. The maximum atomic E-state index is 13.0. The van der Waals surface area contributed by atoms with E-state index in [2.05, 4.69) is 29.1 Å². The van der Waals surface area contributed by atoms with E-state index in [9.17, 15) is 13.2 Å². The van der Waals surface area contributed by atoms with Gasteiger partial charge in [0.1, 0.15) is 0 Å². The van der Waals surface area contributed by atoms with E-state index in [1.165, 1.54) is 17.7 Å². The van der Waals surface area contributed by atoms with Crippen LogP contribution in [0.3, 0.4) is 0 Å². The summed E-state index contributed by atoms with van der Waals surface area (Å²) in [6, 6.07) is 14.3. The number of ether oxygens (including phenoxy) is 1. The monoisotopic (exact) mass is 428 g/mol. The van der Waals surface area contributed by atoms with Crippen LogP contribution in [-0.4, -0.2) is 33.6 Å². The third-order valence-electron chi connectivity index (χ3n) is 6.05. The number of amides is 1. The minimum Gasteiger partial charge on any atom is -0.377 e. The van der Waals surface area contributed by atoms with Crippen LogP contribution in [0.2, 0.25) is 0 Å². The van der Waals surface area contributed by atoms with Crippen molar-refractivity contribution in [1.82, 2.24) is 10.0 Å². The van der Waals surface area contributed by atoms with Crippen LogP contribution in [0.15, 0.2) is 53.4 Å². The second kappa shape index (κ2) is 8.88. The summed E-state index contributed by atoms with van der Waals surface area (Å²) in [7, 11) is -3.71. The third kappa shape index (κ3) is 4.58. The maximum absolute atomic E-state index is 13.0. The molecule has 2 N–H and O–H groups in total. The average molecular weight is 429 g/mol. The fourth-order valence-corrected chi connectivity index (χ4v) is 5.37. The van der Waals surface area contributed by atoms with Crippen molar-refractivity contribution in [2.24, 2.45) is 5.92 Å². The molecule has 1 aliphatic carbocycles. The Kier molecular flexibility index (Phi) is 6.22. The Morgan fingerprint density at radius 2 is 1.97 bits per heavy atom. The number of rotatable bonds is 6.